The van der Waals surface area contributed by atoms with E-state index >= 15 is 0 Å². The second-order valence-corrected chi connectivity index (χ2v) is 13.2. The van der Waals surface area contributed by atoms with Gasteiger partial charge in [-0.05, 0) is 54.2 Å². The van der Waals surface area contributed by atoms with Crippen molar-refractivity contribution in [1.29, 1.82) is 0 Å². The summed E-state index contributed by atoms with van der Waals surface area (Å²) >= 11 is 11.7. The molecule has 1 fully saturated rings. The minimum Gasteiger partial charge on any atom is -0.545 e. The zero-order valence-electron chi connectivity index (χ0n) is 20.5. The topological polar surface area (TPSA) is 146 Å². The van der Waals surface area contributed by atoms with E-state index in [0.29, 0.717) is 11.1 Å². The summed E-state index contributed by atoms with van der Waals surface area (Å²) in [7, 11) is -6.79. The Bertz CT molecular complexity index is 1400. The molecule has 0 saturated heterocycles. The van der Waals surface area contributed by atoms with Crippen molar-refractivity contribution in [3.63, 3.8) is 0 Å². The molecule has 1 aliphatic rings. The van der Waals surface area contributed by atoms with Crippen molar-refractivity contribution < 1.29 is 66.2 Å². The van der Waals surface area contributed by atoms with E-state index < -0.39 is 31.6 Å². The van der Waals surface area contributed by atoms with E-state index in [9.17, 15) is 31.5 Å². The standard InChI is InChI=1S/C15H17ClO4S.C9H9ClO4S.Na/c1-21(19,20)14-7-6-11(9-13(14)16)12(15(17)18)8-10-4-2-3-5-10;1-15(13,14)8-3-2-6(4-7(8)10)5-9(11)12;/h6-10H,2-5H2,1H3,(H,17,18);2-4H,5H2,1H3,(H,11,12);/q;;+1/p-1/b12-8+;;. The predicted molar refractivity (Wildman–Crippen MR) is 135 cm³/mol. The summed E-state index contributed by atoms with van der Waals surface area (Å²) in [5, 5.41) is 19.9. The summed E-state index contributed by atoms with van der Waals surface area (Å²) in [6, 6.07) is 8.27. The summed E-state index contributed by atoms with van der Waals surface area (Å²) in [5.74, 6) is -2.03. The number of halogens is 2. The molecule has 2 aromatic rings. The van der Waals surface area contributed by atoms with Gasteiger partial charge in [-0.1, -0.05) is 54.3 Å². The maximum absolute atomic E-state index is 11.5. The maximum atomic E-state index is 11.5. The van der Waals surface area contributed by atoms with Crippen LogP contribution >= 0.6 is 23.2 Å². The van der Waals surface area contributed by atoms with E-state index in [1.165, 1.54) is 36.4 Å². The van der Waals surface area contributed by atoms with Gasteiger partial charge in [-0.15, -0.1) is 0 Å². The number of carbonyl (C=O) groups excluding carboxylic acids is 1. The van der Waals surface area contributed by atoms with Crippen LogP contribution in [0.5, 0.6) is 0 Å². The van der Waals surface area contributed by atoms with Crippen LogP contribution in [0.1, 0.15) is 36.8 Å². The van der Waals surface area contributed by atoms with Crippen molar-refractivity contribution in [2.24, 2.45) is 5.92 Å². The normalized spacial score (nSPS) is 14.3. The molecule has 0 amide bonds. The molecule has 0 unspecified atom stereocenters. The third kappa shape index (κ3) is 10.4. The van der Waals surface area contributed by atoms with Crippen molar-refractivity contribution in [2.75, 3.05) is 12.5 Å². The Kier molecular flexibility index (Phi) is 12.8. The van der Waals surface area contributed by atoms with Gasteiger partial charge in [0.2, 0.25) is 0 Å². The van der Waals surface area contributed by atoms with E-state index in [2.05, 4.69) is 0 Å². The smallest absolute Gasteiger partial charge is 0.545 e. The fourth-order valence-corrected chi connectivity index (χ4v) is 6.42. The molecule has 0 bridgehead atoms. The number of allylic oxidation sites excluding steroid dienone is 1. The number of hydrogen-bond acceptors (Lipinski definition) is 7. The number of hydrogen-bond donors (Lipinski definition) is 1. The average Bonchev–Trinajstić information content (AvgIpc) is 3.23. The molecule has 2 aromatic carbocycles. The monoisotopic (exact) mass is 598 g/mol. The summed E-state index contributed by atoms with van der Waals surface area (Å²) in [5.41, 5.74) is 0.919. The van der Waals surface area contributed by atoms with Crippen LogP contribution in [0.2, 0.25) is 10.0 Å². The van der Waals surface area contributed by atoms with Crippen LogP contribution < -0.4 is 34.7 Å². The summed E-state index contributed by atoms with van der Waals surface area (Å²) in [6.07, 6.45) is 7.74. The van der Waals surface area contributed by atoms with Gasteiger partial charge in [-0.25, -0.2) is 16.8 Å². The Labute approximate surface area is 248 Å². The quantitative estimate of drug-likeness (QED) is 0.357. The Hall–Kier alpha value is -1.40. The van der Waals surface area contributed by atoms with Crippen LogP contribution in [0.25, 0.3) is 5.57 Å². The summed E-state index contributed by atoms with van der Waals surface area (Å²) < 4.78 is 45.4. The summed E-state index contributed by atoms with van der Waals surface area (Å²) in [6.45, 7) is 0. The van der Waals surface area contributed by atoms with Gasteiger partial charge in [-0.3, -0.25) is 4.79 Å². The van der Waals surface area contributed by atoms with E-state index in [1.54, 1.807) is 6.08 Å². The van der Waals surface area contributed by atoms with Crippen LogP contribution in [-0.2, 0) is 35.7 Å². The predicted octanol–water partition coefficient (Wildman–Crippen LogP) is 0.442. The number of rotatable bonds is 7. The number of carboxylic acids is 2. The van der Waals surface area contributed by atoms with Crippen molar-refractivity contribution in [2.45, 2.75) is 41.9 Å². The fraction of sp³-hybridized carbons (Fsp3) is 0.333. The second-order valence-electron chi connectivity index (χ2n) is 8.44. The molecule has 3 rings (SSSR count). The van der Waals surface area contributed by atoms with Crippen LogP contribution in [0.4, 0.5) is 0 Å². The molecular formula is C24H25Cl2NaO8S2. The zero-order chi connectivity index (χ0) is 27.3. The molecule has 196 valence electrons. The van der Waals surface area contributed by atoms with E-state index in [-0.39, 0.29) is 67.3 Å². The third-order valence-corrected chi connectivity index (χ3v) is 8.57. The van der Waals surface area contributed by atoms with Crippen molar-refractivity contribution in [1.82, 2.24) is 0 Å². The van der Waals surface area contributed by atoms with Crippen molar-refractivity contribution in [3.8, 4) is 0 Å². The molecule has 0 radical (unpaired) electrons. The molecule has 37 heavy (non-hydrogen) atoms. The maximum Gasteiger partial charge on any atom is 1.00 e. The van der Waals surface area contributed by atoms with Gasteiger partial charge >= 0.3 is 35.5 Å². The number of aliphatic carboxylic acids is 2. The Balaban J connectivity index is 0.000000381. The Morgan fingerprint density at radius 2 is 1.43 bits per heavy atom. The van der Waals surface area contributed by atoms with Crippen LogP contribution in [0, 0.1) is 5.92 Å². The minimum atomic E-state index is -3.43. The van der Waals surface area contributed by atoms with Gasteiger partial charge in [0.1, 0.15) is 0 Å². The second kappa shape index (κ2) is 14.1. The van der Waals surface area contributed by atoms with Crippen LogP contribution in [0.15, 0.2) is 52.3 Å². The molecule has 0 aliphatic heterocycles. The van der Waals surface area contributed by atoms with Gasteiger partial charge in [0.15, 0.2) is 19.7 Å². The number of benzene rings is 2. The largest absolute Gasteiger partial charge is 1.00 e. The van der Waals surface area contributed by atoms with E-state index in [4.69, 9.17) is 28.3 Å². The first-order chi connectivity index (χ1) is 16.6. The molecule has 1 saturated carbocycles. The number of carboxylic acid groups (broad SMARTS) is 2. The van der Waals surface area contributed by atoms with Gasteiger partial charge in [0.25, 0.3) is 0 Å². The molecule has 0 heterocycles. The molecule has 0 atom stereocenters. The first kappa shape index (κ1) is 33.6. The first-order valence-corrected chi connectivity index (χ1v) is 15.3. The average molecular weight is 599 g/mol. The molecular weight excluding hydrogens is 574 g/mol. The Morgan fingerprint density at radius 1 is 0.946 bits per heavy atom. The van der Waals surface area contributed by atoms with E-state index in [0.717, 1.165) is 38.2 Å². The Morgan fingerprint density at radius 3 is 1.84 bits per heavy atom. The molecule has 13 heteroatoms. The molecule has 0 aromatic heterocycles. The molecule has 8 nitrogen and oxygen atoms in total. The molecule has 1 aliphatic carbocycles. The van der Waals surface area contributed by atoms with Crippen LogP contribution in [0.3, 0.4) is 0 Å². The number of sulfone groups is 2. The third-order valence-electron chi connectivity index (χ3n) is 5.42. The first-order valence-electron chi connectivity index (χ1n) is 10.7. The molecule has 1 N–H and O–H groups in total. The van der Waals surface area contributed by atoms with Gasteiger partial charge in [0.05, 0.1) is 32.2 Å². The number of carbonyl (C=O) groups is 2. The van der Waals surface area contributed by atoms with Crippen molar-refractivity contribution >= 4 is 60.4 Å². The zero-order valence-corrected chi connectivity index (χ0v) is 25.7. The van der Waals surface area contributed by atoms with Crippen molar-refractivity contribution in [3.05, 3.63) is 63.6 Å². The SMILES string of the molecule is CS(=O)(=O)c1ccc(/C(=C\C2CCCC2)C(=O)[O-])cc1Cl.CS(=O)(=O)c1ccc(CC(=O)O)cc1Cl.[Na+]. The molecule has 0 spiro atoms. The van der Waals surface area contributed by atoms with Gasteiger partial charge in [0, 0.05) is 18.1 Å². The van der Waals surface area contributed by atoms with Gasteiger partial charge in [-0.2, -0.15) is 0 Å². The summed E-state index contributed by atoms with van der Waals surface area (Å²) in [4.78, 5) is 21.7. The minimum absolute atomic E-state index is 0. The fourth-order valence-electron chi connectivity index (χ4n) is 3.74. The van der Waals surface area contributed by atoms with E-state index in [1.807, 2.05) is 0 Å². The van der Waals surface area contributed by atoms with Crippen LogP contribution in [-0.4, -0.2) is 46.4 Å². The van der Waals surface area contributed by atoms with Gasteiger partial charge < -0.3 is 15.0 Å².